The number of unbranched alkanes of at least 4 members (excludes halogenated alkanes) is 2. The van der Waals surface area contributed by atoms with E-state index in [0.717, 1.165) is 25.7 Å². The van der Waals surface area contributed by atoms with Gasteiger partial charge in [0.15, 0.2) is 0 Å². The molecule has 6 unspecified atom stereocenters. The molecule has 4 rings (SSSR count). The van der Waals surface area contributed by atoms with Crippen molar-refractivity contribution in [2.45, 2.75) is 58.8 Å². The van der Waals surface area contributed by atoms with Crippen molar-refractivity contribution in [2.24, 2.45) is 35.5 Å². The summed E-state index contributed by atoms with van der Waals surface area (Å²) in [6.07, 6.45) is 16.4. The highest BCUT2D eigenvalue weighted by Gasteiger charge is 2.40. The third kappa shape index (κ3) is 5.20. The van der Waals surface area contributed by atoms with E-state index in [1.807, 2.05) is 0 Å². The van der Waals surface area contributed by atoms with Gasteiger partial charge >= 0.3 is 11.9 Å². The minimum absolute atomic E-state index is 0.0741. The van der Waals surface area contributed by atoms with Crippen LogP contribution in [0.3, 0.4) is 0 Å². The first kappa shape index (κ1) is 19.7. The molecule has 0 radical (unpaired) electrons. The summed E-state index contributed by atoms with van der Waals surface area (Å²) in [4.78, 5) is 21.1. The molecule has 140 valence electrons. The molecule has 0 heterocycles. The molecule has 0 spiro atoms. The molecule has 0 aromatic heterocycles. The van der Waals surface area contributed by atoms with Crippen molar-refractivity contribution >= 4 is 11.9 Å². The Bertz CT molecular complexity index is 476. The van der Waals surface area contributed by atoms with Gasteiger partial charge in [-0.15, -0.1) is 0 Å². The van der Waals surface area contributed by atoms with Crippen molar-refractivity contribution in [1.82, 2.24) is 0 Å². The summed E-state index contributed by atoms with van der Waals surface area (Å²) in [5.74, 6) is 0.473. The predicted octanol–water partition coefficient (Wildman–Crippen LogP) is 4.76. The number of hydrogen-bond donors (Lipinski definition) is 2. The standard InChI is InChI=1S/2C8H10O2.C5H12/c2*9-8(10)7-4-5-1-2-6(7)3-5;1-3-5-4-2/h2*1-2,5-7H,3-4H2,(H,9,10);3-5H2,1-2H3. The molecule has 0 aliphatic heterocycles. The largest absolute Gasteiger partial charge is 0.481 e. The monoisotopic (exact) mass is 348 g/mol. The molecule has 25 heavy (non-hydrogen) atoms. The van der Waals surface area contributed by atoms with E-state index in [1.165, 1.54) is 19.3 Å². The zero-order valence-corrected chi connectivity index (χ0v) is 15.4. The summed E-state index contributed by atoms with van der Waals surface area (Å²) in [7, 11) is 0. The fourth-order valence-electron chi connectivity index (χ4n) is 4.48. The minimum Gasteiger partial charge on any atom is -0.481 e. The van der Waals surface area contributed by atoms with Crippen LogP contribution in [0, 0.1) is 35.5 Å². The summed E-state index contributed by atoms with van der Waals surface area (Å²) >= 11 is 0. The van der Waals surface area contributed by atoms with Crippen LogP contribution < -0.4 is 0 Å². The van der Waals surface area contributed by atoms with E-state index in [0.29, 0.717) is 23.7 Å². The molecule has 0 amide bonds. The maximum absolute atomic E-state index is 10.6. The Labute approximate surface area is 151 Å². The molecule has 2 fully saturated rings. The Morgan fingerprint density at radius 2 is 1.16 bits per heavy atom. The summed E-state index contributed by atoms with van der Waals surface area (Å²) in [6.45, 7) is 4.42. The molecule has 4 aliphatic carbocycles. The quantitative estimate of drug-likeness (QED) is 0.718. The topological polar surface area (TPSA) is 74.6 Å². The number of fused-ring (bicyclic) bond motifs is 4. The lowest BCUT2D eigenvalue weighted by Gasteiger charge is -2.11. The number of allylic oxidation sites excluding steroid dienone is 4. The number of carboxylic acid groups (broad SMARTS) is 2. The highest BCUT2D eigenvalue weighted by Crippen LogP contribution is 2.44. The molecule has 2 N–H and O–H groups in total. The van der Waals surface area contributed by atoms with Crippen LogP contribution in [0.15, 0.2) is 24.3 Å². The zero-order chi connectivity index (χ0) is 18.4. The molecule has 4 nitrogen and oxygen atoms in total. The van der Waals surface area contributed by atoms with Crippen LogP contribution in [0.25, 0.3) is 0 Å². The van der Waals surface area contributed by atoms with Crippen LogP contribution in [0.4, 0.5) is 0 Å². The number of hydrogen-bond acceptors (Lipinski definition) is 2. The minimum atomic E-state index is -0.614. The second kappa shape index (κ2) is 9.21. The van der Waals surface area contributed by atoms with Gasteiger partial charge in [0, 0.05) is 0 Å². The zero-order valence-electron chi connectivity index (χ0n) is 15.4. The number of carbonyl (C=O) groups is 2. The predicted molar refractivity (Wildman–Crippen MR) is 98.2 cm³/mol. The van der Waals surface area contributed by atoms with Crippen molar-refractivity contribution in [1.29, 1.82) is 0 Å². The van der Waals surface area contributed by atoms with E-state index in [9.17, 15) is 9.59 Å². The molecule has 2 saturated carbocycles. The van der Waals surface area contributed by atoms with Gasteiger partial charge in [-0.2, -0.15) is 0 Å². The van der Waals surface area contributed by atoms with Crippen LogP contribution in [0.5, 0.6) is 0 Å². The van der Waals surface area contributed by atoms with E-state index >= 15 is 0 Å². The van der Waals surface area contributed by atoms with E-state index in [2.05, 4.69) is 38.2 Å². The number of rotatable bonds is 4. The lowest BCUT2D eigenvalue weighted by atomic mass is 9.94. The molecule has 4 aliphatic rings. The smallest absolute Gasteiger partial charge is 0.307 e. The van der Waals surface area contributed by atoms with Gasteiger partial charge in [-0.25, -0.2) is 0 Å². The van der Waals surface area contributed by atoms with E-state index in [-0.39, 0.29) is 11.8 Å². The van der Waals surface area contributed by atoms with Gasteiger partial charge in [0.1, 0.15) is 0 Å². The third-order valence-corrected chi connectivity index (χ3v) is 5.90. The summed E-state index contributed by atoms with van der Waals surface area (Å²) in [5.41, 5.74) is 0. The molecule has 0 aromatic rings. The van der Waals surface area contributed by atoms with Gasteiger partial charge < -0.3 is 10.2 Å². The molecule has 4 heteroatoms. The first-order chi connectivity index (χ1) is 12.0. The highest BCUT2D eigenvalue weighted by atomic mass is 16.4. The lowest BCUT2D eigenvalue weighted by molar-refractivity contribution is -0.143. The van der Waals surface area contributed by atoms with Crippen molar-refractivity contribution in [3.8, 4) is 0 Å². The Morgan fingerprint density at radius 1 is 0.760 bits per heavy atom. The third-order valence-electron chi connectivity index (χ3n) is 5.90. The summed E-state index contributed by atoms with van der Waals surface area (Å²) in [5, 5.41) is 17.4. The summed E-state index contributed by atoms with van der Waals surface area (Å²) in [6, 6.07) is 0. The van der Waals surface area contributed by atoms with E-state index < -0.39 is 11.9 Å². The number of aliphatic carboxylic acids is 2. The van der Waals surface area contributed by atoms with E-state index in [1.54, 1.807) is 0 Å². The Kier molecular flexibility index (Phi) is 7.27. The van der Waals surface area contributed by atoms with Gasteiger partial charge in [-0.3, -0.25) is 9.59 Å². The van der Waals surface area contributed by atoms with Gasteiger partial charge in [-0.05, 0) is 49.4 Å². The Morgan fingerprint density at radius 3 is 1.28 bits per heavy atom. The SMILES string of the molecule is CCCCC.O=C(O)C1CC2C=CC1C2.O=C(O)C1CC2C=CC1C2. The van der Waals surface area contributed by atoms with Crippen LogP contribution in [0.2, 0.25) is 0 Å². The van der Waals surface area contributed by atoms with Crippen molar-refractivity contribution in [2.75, 3.05) is 0 Å². The summed E-state index contributed by atoms with van der Waals surface area (Å²) < 4.78 is 0. The van der Waals surface area contributed by atoms with Gasteiger partial charge in [0.05, 0.1) is 11.8 Å². The molecular formula is C21H32O4. The maximum atomic E-state index is 10.6. The van der Waals surface area contributed by atoms with Crippen molar-refractivity contribution < 1.29 is 19.8 Å². The fraction of sp³-hybridized carbons (Fsp3) is 0.714. The van der Waals surface area contributed by atoms with Crippen LogP contribution in [-0.4, -0.2) is 22.2 Å². The van der Waals surface area contributed by atoms with Gasteiger partial charge in [-0.1, -0.05) is 57.4 Å². The maximum Gasteiger partial charge on any atom is 0.307 e. The van der Waals surface area contributed by atoms with Crippen molar-refractivity contribution in [3.63, 3.8) is 0 Å². The Balaban J connectivity index is 0.000000144. The highest BCUT2D eigenvalue weighted by molar-refractivity contribution is 5.72. The molecular weight excluding hydrogens is 316 g/mol. The molecule has 4 bridgehead atoms. The normalized spacial score (nSPS) is 35.8. The molecule has 6 atom stereocenters. The second-order valence-corrected chi connectivity index (χ2v) is 7.80. The lowest BCUT2D eigenvalue weighted by Crippen LogP contribution is -2.17. The first-order valence-electron chi connectivity index (χ1n) is 9.78. The molecule has 0 saturated heterocycles. The van der Waals surface area contributed by atoms with Crippen LogP contribution in [-0.2, 0) is 9.59 Å². The first-order valence-corrected chi connectivity index (χ1v) is 9.78. The second-order valence-electron chi connectivity index (χ2n) is 7.80. The van der Waals surface area contributed by atoms with Crippen molar-refractivity contribution in [3.05, 3.63) is 24.3 Å². The van der Waals surface area contributed by atoms with Crippen LogP contribution in [0.1, 0.15) is 58.8 Å². The molecule has 0 aromatic carbocycles. The van der Waals surface area contributed by atoms with Gasteiger partial charge in [0.2, 0.25) is 0 Å². The average Bonchev–Trinajstić information content (AvgIpc) is 3.36. The van der Waals surface area contributed by atoms with Gasteiger partial charge in [0.25, 0.3) is 0 Å². The van der Waals surface area contributed by atoms with E-state index in [4.69, 9.17) is 10.2 Å². The fourth-order valence-corrected chi connectivity index (χ4v) is 4.48. The average molecular weight is 348 g/mol. The number of carboxylic acids is 2. The van der Waals surface area contributed by atoms with Crippen LogP contribution >= 0.6 is 0 Å². The Hall–Kier alpha value is -1.58.